The van der Waals surface area contributed by atoms with E-state index in [1.165, 1.54) is 14.1 Å². The molecule has 0 saturated heterocycles. The average Bonchev–Trinajstić information content (AvgIpc) is 2.75. The molecule has 29 heavy (non-hydrogen) atoms. The van der Waals surface area contributed by atoms with Crippen molar-refractivity contribution in [2.75, 3.05) is 12.4 Å². The molecule has 0 saturated carbocycles. The van der Waals surface area contributed by atoms with Crippen molar-refractivity contribution < 1.29 is 9.84 Å². The Labute approximate surface area is 167 Å². The van der Waals surface area contributed by atoms with Gasteiger partial charge < -0.3 is 15.2 Å². The Balaban J connectivity index is 2.14. The molecule has 0 amide bonds. The fourth-order valence-electron chi connectivity index (χ4n) is 2.88. The maximum atomic E-state index is 12.8. The number of aliphatic imine (C=N–C) groups is 1. The number of ether oxygens (including phenoxy) is 1. The van der Waals surface area contributed by atoms with Crippen LogP contribution in [0.5, 0.6) is 11.6 Å². The SMILES string of the molecule is COc1ccccc1CN=C(Nc1ccccc1)c1c(O)n(C)c(=O)n(C)c1=O. The number of aromatic hydroxyl groups is 1. The normalized spacial score (nSPS) is 11.3. The molecular weight excluding hydrogens is 372 g/mol. The smallest absolute Gasteiger partial charge is 0.333 e. The van der Waals surface area contributed by atoms with Crippen LogP contribution in [0.4, 0.5) is 5.69 Å². The molecule has 1 heterocycles. The quantitative estimate of drug-likeness (QED) is 0.508. The molecule has 2 aromatic carbocycles. The van der Waals surface area contributed by atoms with Crippen molar-refractivity contribution in [3.05, 3.63) is 86.6 Å². The van der Waals surface area contributed by atoms with Crippen LogP contribution in [0.25, 0.3) is 0 Å². The van der Waals surface area contributed by atoms with E-state index >= 15 is 0 Å². The van der Waals surface area contributed by atoms with Gasteiger partial charge in [-0.15, -0.1) is 0 Å². The van der Waals surface area contributed by atoms with E-state index in [-0.39, 0.29) is 17.9 Å². The first-order valence-electron chi connectivity index (χ1n) is 8.91. The van der Waals surface area contributed by atoms with Gasteiger partial charge in [0.25, 0.3) is 5.56 Å². The summed E-state index contributed by atoms with van der Waals surface area (Å²) in [6.07, 6.45) is 0. The summed E-state index contributed by atoms with van der Waals surface area (Å²) in [6, 6.07) is 16.5. The lowest BCUT2D eigenvalue weighted by Gasteiger charge is -2.15. The number of amidine groups is 1. The minimum absolute atomic E-state index is 0.0895. The van der Waals surface area contributed by atoms with E-state index in [0.717, 1.165) is 14.7 Å². The molecule has 0 fully saturated rings. The summed E-state index contributed by atoms with van der Waals surface area (Å²) in [4.78, 5) is 29.4. The summed E-state index contributed by atoms with van der Waals surface area (Å²) in [5, 5.41) is 13.6. The molecule has 0 spiro atoms. The summed E-state index contributed by atoms with van der Waals surface area (Å²) in [5.74, 6) is 0.351. The summed E-state index contributed by atoms with van der Waals surface area (Å²) in [6.45, 7) is 0.199. The number of methoxy groups -OCH3 is 1. The number of nitrogens with one attached hydrogen (secondary N) is 1. The zero-order valence-corrected chi connectivity index (χ0v) is 16.4. The highest BCUT2D eigenvalue weighted by Crippen LogP contribution is 2.20. The van der Waals surface area contributed by atoms with Gasteiger partial charge in [-0.1, -0.05) is 36.4 Å². The van der Waals surface area contributed by atoms with Gasteiger partial charge in [-0.3, -0.25) is 18.9 Å². The van der Waals surface area contributed by atoms with E-state index in [1.54, 1.807) is 7.11 Å². The van der Waals surface area contributed by atoms with Gasteiger partial charge in [0.15, 0.2) is 0 Å². The Morgan fingerprint density at radius 2 is 1.69 bits per heavy atom. The molecule has 0 aliphatic carbocycles. The monoisotopic (exact) mass is 394 g/mol. The number of anilines is 1. The van der Waals surface area contributed by atoms with Crippen molar-refractivity contribution in [1.29, 1.82) is 0 Å². The number of benzene rings is 2. The number of nitrogens with zero attached hydrogens (tertiary/aromatic N) is 3. The standard InChI is InChI=1S/C21H22N4O4/c1-24-19(26)17(20(27)25(2)21(24)28)18(23-15-10-5-4-6-11-15)22-13-14-9-7-8-12-16(14)29-3/h4-12,26H,13H2,1-3H3,(H,22,23). The third-order valence-corrected chi connectivity index (χ3v) is 4.51. The van der Waals surface area contributed by atoms with Crippen LogP contribution in [0.1, 0.15) is 11.1 Å². The summed E-state index contributed by atoms with van der Waals surface area (Å²) < 4.78 is 7.29. The molecule has 0 unspecified atom stereocenters. The van der Waals surface area contributed by atoms with Gasteiger partial charge in [0, 0.05) is 25.3 Å². The molecule has 0 aliphatic rings. The topological polar surface area (TPSA) is 97.8 Å². The molecule has 2 N–H and O–H groups in total. The first-order valence-corrected chi connectivity index (χ1v) is 8.91. The highest BCUT2D eigenvalue weighted by Gasteiger charge is 2.20. The van der Waals surface area contributed by atoms with Crippen molar-refractivity contribution >= 4 is 11.5 Å². The molecule has 3 aromatic rings. The molecule has 3 rings (SSSR count). The lowest BCUT2D eigenvalue weighted by Crippen LogP contribution is -2.41. The Morgan fingerprint density at radius 1 is 1.03 bits per heavy atom. The zero-order valence-electron chi connectivity index (χ0n) is 16.4. The predicted molar refractivity (Wildman–Crippen MR) is 112 cm³/mol. The number of hydrogen-bond acceptors (Lipinski definition) is 5. The van der Waals surface area contributed by atoms with Gasteiger partial charge >= 0.3 is 5.69 Å². The average molecular weight is 394 g/mol. The maximum absolute atomic E-state index is 12.8. The number of aromatic nitrogens is 2. The Kier molecular flexibility index (Phi) is 5.82. The maximum Gasteiger partial charge on any atom is 0.333 e. The van der Waals surface area contributed by atoms with Crippen LogP contribution < -0.4 is 21.3 Å². The van der Waals surface area contributed by atoms with Crippen LogP contribution in [-0.4, -0.2) is 27.2 Å². The fourth-order valence-corrected chi connectivity index (χ4v) is 2.88. The minimum Gasteiger partial charge on any atom is -0.496 e. The second-order valence-corrected chi connectivity index (χ2v) is 6.37. The second-order valence-electron chi connectivity index (χ2n) is 6.37. The third-order valence-electron chi connectivity index (χ3n) is 4.51. The van der Waals surface area contributed by atoms with Crippen LogP contribution in [0.2, 0.25) is 0 Å². The molecule has 0 radical (unpaired) electrons. The second kappa shape index (κ2) is 8.47. The van der Waals surface area contributed by atoms with E-state index < -0.39 is 17.1 Å². The highest BCUT2D eigenvalue weighted by molar-refractivity contribution is 6.09. The van der Waals surface area contributed by atoms with Crippen molar-refractivity contribution in [3.8, 4) is 11.6 Å². The molecule has 0 atom stereocenters. The molecular formula is C21H22N4O4. The van der Waals surface area contributed by atoms with Gasteiger partial charge in [-0.2, -0.15) is 0 Å². The van der Waals surface area contributed by atoms with Crippen LogP contribution in [0.3, 0.4) is 0 Å². The van der Waals surface area contributed by atoms with Gasteiger partial charge in [-0.05, 0) is 18.2 Å². The predicted octanol–water partition coefficient (Wildman–Crippen LogP) is 1.86. The largest absolute Gasteiger partial charge is 0.496 e. The minimum atomic E-state index is -0.646. The summed E-state index contributed by atoms with van der Waals surface area (Å²) in [7, 11) is 4.31. The van der Waals surface area contributed by atoms with E-state index in [9.17, 15) is 14.7 Å². The van der Waals surface area contributed by atoms with E-state index in [4.69, 9.17) is 4.74 Å². The molecule has 0 bridgehead atoms. The van der Waals surface area contributed by atoms with Crippen LogP contribution in [0, 0.1) is 0 Å². The number of hydrogen-bond donors (Lipinski definition) is 2. The Morgan fingerprint density at radius 3 is 2.38 bits per heavy atom. The third kappa shape index (κ3) is 4.06. The lowest BCUT2D eigenvalue weighted by atomic mass is 10.2. The zero-order chi connectivity index (χ0) is 21.0. The van der Waals surface area contributed by atoms with Crippen LogP contribution in [0.15, 0.2) is 69.2 Å². The van der Waals surface area contributed by atoms with Gasteiger partial charge in [-0.25, -0.2) is 4.79 Å². The van der Waals surface area contributed by atoms with Gasteiger partial charge in [0.2, 0.25) is 5.88 Å². The molecule has 150 valence electrons. The van der Waals surface area contributed by atoms with Crippen molar-refractivity contribution in [1.82, 2.24) is 9.13 Å². The Hall–Kier alpha value is -3.81. The first kappa shape index (κ1) is 19.9. The van der Waals surface area contributed by atoms with E-state index in [1.807, 2.05) is 54.6 Å². The van der Waals surface area contributed by atoms with Crippen molar-refractivity contribution in [2.45, 2.75) is 6.54 Å². The highest BCUT2D eigenvalue weighted by atomic mass is 16.5. The molecule has 8 heteroatoms. The van der Waals surface area contributed by atoms with Crippen LogP contribution in [-0.2, 0) is 20.6 Å². The summed E-state index contributed by atoms with van der Waals surface area (Å²) >= 11 is 0. The lowest BCUT2D eigenvalue weighted by molar-refractivity contribution is 0.409. The first-order chi connectivity index (χ1) is 13.9. The van der Waals surface area contributed by atoms with E-state index in [2.05, 4.69) is 10.3 Å². The summed E-state index contributed by atoms with van der Waals surface area (Å²) in [5.41, 5.74) is 0.131. The van der Waals surface area contributed by atoms with Crippen LogP contribution >= 0.6 is 0 Å². The van der Waals surface area contributed by atoms with E-state index in [0.29, 0.717) is 11.4 Å². The van der Waals surface area contributed by atoms with Crippen molar-refractivity contribution in [3.63, 3.8) is 0 Å². The fraction of sp³-hybridized carbons (Fsp3) is 0.190. The Bertz CT molecular complexity index is 1160. The number of rotatable bonds is 5. The number of para-hydroxylation sites is 2. The van der Waals surface area contributed by atoms with Gasteiger partial charge in [0.1, 0.15) is 17.1 Å². The molecule has 1 aromatic heterocycles. The molecule has 8 nitrogen and oxygen atoms in total. The van der Waals surface area contributed by atoms with Crippen molar-refractivity contribution in [2.24, 2.45) is 19.1 Å². The molecule has 0 aliphatic heterocycles. The van der Waals surface area contributed by atoms with Gasteiger partial charge in [0.05, 0.1) is 13.7 Å².